The number of nitrogens with zero attached hydrogens (tertiary/aromatic N) is 3. The second kappa shape index (κ2) is 10.1. The fraction of sp³-hybridized carbons (Fsp3) is 0.238. The topological polar surface area (TPSA) is 75.2 Å². The maximum Gasteiger partial charge on any atom is 0.253 e. The molecule has 0 aliphatic heterocycles. The molecule has 1 heterocycles. The van der Waals surface area contributed by atoms with Gasteiger partial charge in [-0.15, -0.1) is 10.2 Å². The van der Waals surface area contributed by atoms with E-state index in [1.807, 2.05) is 37.3 Å². The first-order valence-electron chi connectivity index (χ1n) is 9.30. The van der Waals surface area contributed by atoms with Crippen LogP contribution in [0.5, 0.6) is 0 Å². The average molecular weight is 429 g/mol. The molecule has 0 unspecified atom stereocenters. The molecule has 2 amide bonds. The molecule has 0 fully saturated rings. The Hall–Kier alpha value is -2.77. The number of carbonyl (C=O) groups is 2. The molecule has 0 saturated heterocycles. The van der Waals surface area contributed by atoms with E-state index in [0.29, 0.717) is 28.8 Å². The maximum absolute atomic E-state index is 12.7. The van der Waals surface area contributed by atoms with Crippen LogP contribution in [0.15, 0.2) is 54.6 Å². The van der Waals surface area contributed by atoms with Crippen molar-refractivity contribution >= 4 is 39.9 Å². The van der Waals surface area contributed by atoms with E-state index in [1.165, 1.54) is 11.3 Å². The number of aromatic nitrogens is 2. The molecule has 2 aromatic carbocycles. The minimum atomic E-state index is -0.203. The standard InChI is InChI=1S/C21H21ClN4O2S/c1-2-13-26(20(28)16-8-10-17(22)11-9-16)14-12-18(27)23-21-25-24-19(29-21)15-6-4-3-5-7-15/h3-11H,2,12-14H2,1H3,(H,23,25,27). The number of carbonyl (C=O) groups excluding carboxylic acids is 2. The summed E-state index contributed by atoms with van der Waals surface area (Å²) in [6.07, 6.45) is 0.983. The Bertz CT molecular complexity index is 960. The number of anilines is 1. The van der Waals surface area contributed by atoms with Gasteiger partial charge in [-0.05, 0) is 30.7 Å². The van der Waals surface area contributed by atoms with Crippen LogP contribution in [0.1, 0.15) is 30.1 Å². The quantitative estimate of drug-likeness (QED) is 0.562. The Morgan fingerprint density at radius 3 is 2.45 bits per heavy atom. The third-order valence-corrected chi connectivity index (χ3v) is 5.31. The lowest BCUT2D eigenvalue weighted by molar-refractivity contribution is -0.116. The predicted molar refractivity (Wildman–Crippen MR) is 116 cm³/mol. The average Bonchev–Trinajstić information content (AvgIpc) is 3.20. The van der Waals surface area contributed by atoms with Crippen LogP contribution in [-0.2, 0) is 4.79 Å². The van der Waals surface area contributed by atoms with E-state index in [2.05, 4.69) is 15.5 Å². The summed E-state index contributed by atoms with van der Waals surface area (Å²) in [5.74, 6) is -0.315. The molecule has 6 nitrogen and oxygen atoms in total. The normalized spacial score (nSPS) is 10.6. The van der Waals surface area contributed by atoms with E-state index < -0.39 is 0 Å². The van der Waals surface area contributed by atoms with Crippen molar-refractivity contribution in [3.63, 3.8) is 0 Å². The molecule has 0 atom stereocenters. The number of nitrogens with one attached hydrogen (secondary N) is 1. The van der Waals surface area contributed by atoms with Gasteiger partial charge in [0, 0.05) is 35.7 Å². The molecule has 1 aromatic heterocycles. The Morgan fingerprint density at radius 2 is 1.76 bits per heavy atom. The van der Waals surface area contributed by atoms with E-state index >= 15 is 0 Å². The Kier molecular flexibility index (Phi) is 7.32. The SMILES string of the molecule is CCCN(CCC(=O)Nc1nnc(-c2ccccc2)s1)C(=O)c1ccc(Cl)cc1. The minimum Gasteiger partial charge on any atom is -0.338 e. The van der Waals surface area contributed by atoms with Gasteiger partial charge < -0.3 is 10.2 Å². The van der Waals surface area contributed by atoms with Crippen molar-refractivity contribution in [3.05, 3.63) is 65.2 Å². The van der Waals surface area contributed by atoms with Gasteiger partial charge in [-0.2, -0.15) is 0 Å². The molecule has 0 aliphatic carbocycles. The highest BCUT2D eigenvalue weighted by molar-refractivity contribution is 7.18. The molecule has 0 spiro atoms. The molecular formula is C21H21ClN4O2S. The first kappa shape index (κ1) is 21.0. The van der Waals surface area contributed by atoms with Crippen LogP contribution in [0.3, 0.4) is 0 Å². The number of halogens is 1. The first-order valence-corrected chi connectivity index (χ1v) is 10.5. The predicted octanol–water partition coefficient (Wildman–Crippen LogP) is 4.74. The zero-order valence-corrected chi connectivity index (χ0v) is 17.5. The van der Waals surface area contributed by atoms with E-state index in [9.17, 15) is 9.59 Å². The maximum atomic E-state index is 12.7. The van der Waals surface area contributed by atoms with Crippen molar-refractivity contribution in [1.29, 1.82) is 0 Å². The van der Waals surface area contributed by atoms with Gasteiger partial charge in [0.25, 0.3) is 5.91 Å². The molecule has 1 N–H and O–H groups in total. The van der Waals surface area contributed by atoms with E-state index in [0.717, 1.165) is 17.0 Å². The summed E-state index contributed by atoms with van der Waals surface area (Å²) in [6, 6.07) is 16.4. The smallest absolute Gasteiger partial charge is 0.253 e. The molecule has 3 rings (SSSR count). The fourth-order valence-electron chi connectivity index (χ4n) is 2.75. The highest BCUT2D eigenvalue weighted by Crippen LogP contribution is 2.25. The zero-order chi connectivity index (χ0) is 20.6. The van der Waals surface area contributed by atoms with Crippen molar-refractivity contribution in [3.8, 4) is 10.6 Å². The van der Waals surface area contributed by atoms with Gasteiger partial charge in [0.05, 0.1) is 0 Å². The van der Waals surface area contributed by atoms with Crippen LogP contribution in [0, 0.1) is 0 Å². The van der Waals surface area contributed by atoms with Gasteiger partial charge in [0.1, 0.15) is 5.01 Å². The van der Waals surface area contributed by atoms with Crippen LogP contribution < -0.4 is 5.32 Å². The zero-order valence-electron chi connectivity index (χ0n) is 16.0. The lowest BCUT2D eigenvalue weighted by Crippen LogP contribution is -2.34. The first-order chi connectivity index (χ1) is 14.1. The highest BCUT2D eigenvalue weighted by Gasteiger charge is 2.17. The van der Waals surface area contributed by atoms with Crippen molar-refractivity contribution in [2.24, 2.45) is 0 Å². The molecule has 29 heavy (non-hydrogen) atoms. The summed E-state index contributed by atoms with van der Waals surface area (Å²) >= 11 is 7.21. The molecule has 8 heteroatoms. The van der Waals surface area contributed by atoms with E-state index in [1.54, 1.807) is 29.2 Å². The summed E-state index contributed by atoms with van der Waals surface area (Å²) in [5, 5.41) is 12.7. The van der Waals surface area contributed by atoms with Gasteiger partial charge in [0.15, 0.2) is 0 Å². The van der Waals surface area contributed by atoms with Crippen LogP contribution in [0.2, 0.25) is 5.02 Å². The van der Waals surface area contributed by atoms with Gasteiger partial charge in [-0.1, -0.05) is 60.2 Å². The molecule has 0 aliphatic rings. The second-order valence-corrected chi connectivity index (χ2v) is 7.79. The Morgan fingerprint density at radius 1 is 1.03 bits per heavy atom. The van der Waals surface area contributed by atoms with Crippen molar-refractivity contribution in [1.82, 2.24) is 15.1 Å². The third kappa shape index (κ3) is 5.85. The number of rotatable bonds is 8. The van der Waals surface area contributed by atoms with Gasteiger partial charge in [-0.3, -0.25) is 9.59 Å². The molecular weight excluding hydrogens is 408 g/mol. The summed E-state index contributed by atoms with van der Waals surface area (Å²) in [5.41, 5.74) is 1.51. The third-order valence-electron chi connectivity index (χ3n) is 4.17. The van der Waals surface area contributed by atoms with Crippen molar-refractivity contribution < 1.29 is 9.59 Å². The summed E-state index contributed by atoms with van der Waals surface area (Å²) in [6.45, 7) is 2.89. The number of amides is 2. The lowest BCUT2D eigenvalue weighted by atomic mass is 10.2. The summed E-state index contributed by atoms with van der Waals surface area (Å²) in [4.78, 5) is 26.7. The van der Waals surface area contributed by atoms with Gasteiger partial charge in [0.2, 0.25) is 11.0 Å². The molecule has 0 saturated carbocycles. The molecule has 0 bridgehead atoms. The number of benzene rings is 2. The van der Waals surface area contributed by atoms with Crippen LogP contribution in [-0.4, -0.2) is 40.0 Å². The van der Waals surface area contributed by atoms with E-state index in [-0.39, 0.29) is 18.2 Å². The Labute approximate surface area is 178 Å². The van der Waals surface area contributed by atoms with Crippen LogP contribution in [0.25, 0.3) is 10.6 Å². The van der Waals surface area contributed by atoms with Gasteiger partial charge >= 0.3 is 0 Å². The monoisotopic (exact) mass is 428 g/mol. The summed E-state index contributed by atoms with van der Waals surface area (Å²) < 4.78 is 0. The van der Waals surface area contributed by atoms with Crippen LogP contribution >= 0.6 is 22.9 Å². The number of hydrogen-bond donors (Lipinski definition) is 1. The molecule has 150 valence electrons. The van der Waals surface area contributed by atoms with Crippen molar-refractivity contribution in [2.75, 3.05) is 18.4 Å². The summed E-state index contributed by atoms with van der Waals surface area (Å²) in [7, 11) is 0. The molecule has 0 radical (unpaired) electrons. The minimum absolute atomic E-state index is 0.112. The van der Waals surface area contributed by atoms with Gasteiger partial charge in [-0.25, -0.2) is 0 Å². The fourth-order valence-corrected chi connectivity index (χ4v) is 3.64. The second-order valence-electron chi connectivity index (χ2n) is 6.38. The van der Waals surface area contributed by atoms with Crippen LogP contribution in [0.4, 0.5) is 5.13 Å². The lowest BCUT2D eigenvalue weighted by Gasteiger charge is -2.22. The Balaban J connectivity index is 1.57. The molecule has 3 aromatic rings. The van der Waals surface area contributed by atoms with Crippen molar-refractivity contribution in [2.45, 2.75) is 19.8 Å². The largest absolute Gasteiger partial charge is 0.338 e. The number of hydrogen-bond acceptors (Lipinski definition) is 5. The van der Waals surface area contributed by atoms with E-state index in [4.69, 9.17) is 11.6 Å². The highest BCUT2D eigenvalue weighted by atomic mass is 35.5.